The van der Waals surface area contributed by atoms with Crippen LogP contribution in [0.4, 0.5) is 20.2 Å². The molecule has 7 rings (SSSR count). The number of halogens is 2. The van der Waals surface area contributed by atoms with Crippen molar-refractivity contribution in [1.82, 2.24) is 10.6 Å². The van der Waals surface area contributed by atoms with Crippen molar-refractivity contribution in [2.24, 2.45) is 0 Å². The van der Waals surface area contributed by atoms with Gasteiger partial charge in [-0.2, -0.15) is 0 Å². The number of rotatable bonds is 10. The molecule has 0 spiro atoms. The van der Waals surface area contributed by atoms with Gasteiger partial charge >= 0.3 is 0 Å². The minimum atomic E-state index is -0.753. The lowest BCUT2D eigenvalue weighted by Gasteiger charge is -2.31. The molecule has 4 unspecified atom stereocenters. The Morgan fingerprint density at radius 1 is 0.694 bits per heavy atom. The summed E-state index contributed by atoms with van der Waals surface area (Å²) < 4.78 is 38.2. The molecule has 7 nitrogen and oxygen atoms in total. The van der Waals surface area contributed by atoms with Gasteiger partial charge in [0.2, 0.25) is 0 Å². The smallest absolute Gasteiger partial charge is 0.126 e. The van der Waals surface area contributed by atoms with Crippen LogP contribution in [0.3, 0.4) is 0 Å². The lowest BCUT2D eigenvalue weighted by Crippen LogP contribution is -2.46. The van der Waals surface area contributed by atoms with Crippen LogP contribution in [0.25, 0.3) is 0 Å². The maximum Gasteiger partial charge on any atom is 0.126 e. The first kappa shape index (κ1) is 34.8. The Morgan fingerprint density at radius 2 is 1.18 bits per heavy atom. The number of anilines is 2. The predicted octanol–water partition coefficient (Wildman–Crippen LogP) is 5.90. The third-order valence-corrected chi connectivity index (χ3v) is 9.60. The first-order valence-corrected chi connectivity index (χ1v) is 17.4. The van der Waals surface area contributed by atoms with Gasteiger partial charge in [-0.1, -0.05) is 36.4 Å². The molecule has 0 aromatic heterocycles. The highest BCUT2D eigenvalue weighted by Crippen LogP contribution is 2.36. The average molecular weight is 672 g/mol. The number of ether oxygens (including phenoxy) is 2. The van der Waals surface area contributed by atoms with Crippen LogP contribution in [-0.2, 0) is 25.7 Å². The fourth-order valence-electron chi connectivity index (χ4n) is 6.97. The second kappa shape index (κ2) is 16.6. The van der Waals surface area contributed by atoms with Gasteiger partial charge < -0.3 is 35.2 Å². The number of fused-ring (bicyclic) bond motifs is 4. The Kier molecular flexibility index (Phi) is 11.8. The fourth-order valence-corrected chi connectivity index (χ4v) is 6.97. The molecule has 0 radical (unpaired) electrons. The molecule has 260 valence electrons. The number of nitrogens with one attached hydrogen (secondary N) is 2. The van der Waals surface area contributed by atoms with Crippen LogP contribution >= 0.6 is 0 Å². The molecule has 4 aromatic rings. The topological polar surface area (TPSA) is 86.2 Å². The fraction of sp³-hybridized carbons (Fsp3) is 0.400. The number of aliphatic hydroxyl groups excluding tert-OH is 2. The summed E-state index contributed by atoms with van der Waals surface area (Å²) in [6.45, 7) is 2.63. The first-order chi connectivity index (χ1) is 23.9. The lowest BCUT2D eigenvalue weighted by molar-refractivity contribution is 0.00892. The zero-order valence-electron chi connectivity index (χ0n) is 28.1. The van der Waals surface area contributed by atoms with Crippen LogP contribution in [0.15, 0.2) is 84.9 Å². The molecule has 0 amide bonds. The molecular formula is C40H47F2N3O4. The van der Waals surface area contributed by atoms with Crippen LogP contribution in [0, 0.1) is 11.6 Å². The standard InChI is InChI=1S/C22H25F2NO4.C18H22N2/c23-15-3-7-19-13(9-15)1-5-21(28-19)17(26)11-25-12-18(27)22-6-2-14-10-16(24)4-8-20(14)29-22;1-19-13-6-14-20-17-9-4-2-7-15(17)11-12-16-8-3-5-10-18(16)20/h3-4,7-10,17-18,21-22,25-27H,1-2,5-6,11-12H2;2-5,7-10,19H,6,11-14H2,1H3. The van der Waals surface area contributed by atoms with Crippen molar-refractivity contribution in [3.8, 4) is 11.5 Å². The maximum absolute atomic E-state index is 13.3. The molecule has 49 heavy (non-hydrogen) atoms. The molecule has 4 atom stereocenters. The Labute approximate surface area is 287 Å². The molecule has 0 saturated carbocycles. The van der Waals surface area contributed by atoms with E-state index >= 15 is 0 Å². The Bertz CT molecular complexity index is 1570. The second-order valence-electron chi connectivity index (χ2n) is 13.1. The van der Waals surface area contributed by atoms with Crippen molar-refractivity contribution in [3.63, 3.8) is 0 Å². The summed E-state index contributed by atoms with van der Waals surface area (Å²) in [5.74, 6) is 0.624. The summed E-state index contributed by atoms with van der Waals surface area (Å²) >= 11 is 0. The molecule has 9 heteroatoms. The van der Waals surface area contributed by atoms with Crippen LogP contribution in [0.2, 0.25) is 0 Å². The maximum atomic E-state index is 13.3. The van der Waals surface area contributed by atoms with Crippen molar-refractivity contribution in [2.75, 3.05) is 38.1 Å². The number of aliphatic hydroxyl groups is 2. The van der Waals surface area contributed by atoms with Gasteiger partial charge in [-0.15, -0.1) is 0 Å². The predicted molar refractivity (Wildman–Crippen MR) is 189 cm³/mol. The second-order valence-corrected chi connectivity index (χ2v) is 13.1. The minimum Gasteiger partial charge on any atom is -0.487 e. The number of aryl methyl sites for hydroxylation is 4. The van der Waals surface area contributed by atoms with E-state index in [0.717, 1.165) is 43.5 Å². The van der Waals surface area contributed by atoms with E-state index in [4.69, 9.17) is 9.47 Å². The molecule has 3 heterocycles. The van der Waals surface area contributed by atoms with Crippen LogP contribution in [-0.4, -0.2) is 67.9 Å². The molecule has 3 aliphatic heterocycles. The Hall–Kier alpha value is -4.02. The van der Waals surface area contributed by atoms with Gasteiger partial charge in [0, 0.05) is 31.0 Å². The average Bonchev–Trinajstić information content (AvgIpc) is 3.28. The van der Waals surface area contributed by atoms with E-state index in [9.17, 15) is 19.0 Å². The zero-order valence-corrected chi connectivity index (χ0v) is 28.1. The molecule has 4 N–H and O–H groups in total. The number of para-hydroxylation sites is 2. The van der Waals surface area contributed by atoms with Gasteiger partial charge in [-0.25, -0.2) is 8.78 Å². The van der Waals surface area contributed by atoms with E-state index < -0.39 is 12.2 Å². The van der Waals surface area contributed by atoms with Crippen LogP contribution in [0.1, 0.15) is 41.5 Å². The van der Waals surface area contributed by atoms with E-state index in [0.29, 0.717) is 37.2 Å². The molecule has 0 saturated heterocycles. The van der Waals surface area contributed by atoms with Crippen molar-refractivity contribution in [3.05, 3.63) is 119 Å². The number of benzene rings is 4. The minimum absolute atomic E-state index is 0.257. The summed E-state index contributed by atoms with van der Waals surface area (Å²) in [6, 6.07) is 26.5. The van der Waals surface area contributed by atoms with Gasteiger partial charge in [-0.05, 0) is 129 Å². The van der Waals surface area contributed by atoms with Gasteiger partial charge in [0.1, 0.15) is 47.5 Å². The quantitative estimate of drug-likeness (QED) is 0.156. The van der Waals surface area contributed by atoms with Gasteiger partial charge in [-0.3, -0.25) is 0 Å². The third kappa shape index (κ3) is 8.78. The lowest BCUT2D eigenvalue weighted by atomic mass is 9.98. The molecule has 4 aromatic carbocycles. The Morgan fingerprint density at radius 3 is 1.67 bits per heavy atom. The SMILES string of the molecule is CNCCCN1c2ccccc2CCc2ccccc21.OC(CNCC(O)C1CCc2cc(F)ccc2O1)C1CCc2cc(F)ccc2O1. The highest BCUT2D eigenvalue weighted by atomic mass is 19.1. The zero-order chi connectivity index (χ0) is 34.2. The van der Waals surface area contributed by atoms with Crippen LogP contribution < -0.4 is 25.0 Å². The third-order valence-electron chi connectivity index (χ3n) is 9.60. The summed E-state index contributed by atoms with van der Waals surface area (Å²) in [5, 5.41) is 27.2. The van der Waals surface area contributed by atoms with E-state index in [2.05, 4.69) is 64.1 Å². The van der Waals surface area contributed by atoms with E-state index in [1.807, 2.05) is 7.05 Å². The summed E-state index contributed by atoms with van der Waals surface area (Å²) in [7, 11) is 2.02. The summed E-state index contributed by atoms with van der Waals surface area (Å²) in [6.07, 6.45) is 3.64. The molecule has 3 aliphatic rings. The normalized spacial score (nSPS) is 18.9. The molecule has 0 bridgehead atoms. The number of hydrogen-bond donors (Lipinski definition) is 4. The Balaban J connectivity index is 0.000000182. The van der Waals surface area contributed by atoms with Gasteiger partial charge in [0.15, 0.2) is 0 Å². The highest BCUT2D eigenvalue weighted by molar-refractivity contribution is 5.71. The summed E-state index contributed by atoms with van der Waals surface area (Å²) in [4.78, 5) is 2.50. The first-order valence-electron chi connectivity index (χ1n) is 17.4. The van der Waals surface area contributed by atoms with Crippen molar-refractivity contribution < 1.29 is 28.5 Å². The molecule has 0 fully saturated rings. The summed E-state index contributed by atoms with van der Waals surface area (Å²) in [5.41, 5.74) is 7.32. The monoisotopic (exact) mass is 671 g/mol. The highest BCUT2D eigenvalue weighted by Gasteiger charge is 2.29. The van der Waals surface area contributed by atoms with E-state index in [1.54, 1.807) is 12.1 Å². The van der Waals surface area contributed by atoms with Crippen molar-refractivity contribution in [2.45, 2.75) is 69.4 Å². The van der Waals surface area contributed by atoms with Gasteiger partial charge in [0.25, 0.3) is 0 Å². The number of nitrogens with zero attached hydrogens (tertiary/aromatic N) is 1. The van der Waals surface area contributed by atoms with Gasteiger partial charge in [0.05, 0.1) is 0 Å². The van der Waals surface area contributed by atoms with Crippen molar-refractivity contribution >= 4 is 11.4 Å². The molecular weight excluding hydrogens is 624 g/mol. The van der Waals surface area contributed by atoms with E-state index in [-0.39, 0.29) is 36.9 Å². The van der Waals surface area contributed by atoms with Crippen molar-refractivity contribution in [1.29, 1.82) is 0 Å². The van der Waals surface area contributed by atoms with Crippen LogP contribution in [0.5, 0.6) is 11.5 Å². The molecule has 0 aliphatic carbocycles. The number of hydrogen-bond acceptors (Lipinski definition) is 7. The largest absolute Gasteiger partial charge is 0.487 e. The van der Waals surface area contributed by atoms with E-state index in [1.165, 1.54) is 46.8 Å².